The van der Waals surface area contributed by atoms with Crippen molar-refractivity contribution >= 4 is 16.6 Å². The molecule has 0 spiro atoms. The second kappa shape index (κ2) is 5.16. The Balaban J connectivity index is 1.94. The summed E-state index contributed by atoms with van der Waals surface area (Å²) in [5, 5.41) is 11.2. The van der Waals surface area contributed by atoms with Crippen LogP contribution in [0.15, 0.2) is 53.3 Å². The SMILES string of the molecule is O=c1[nH]c(Cc2ccc([N+](=O)[O-])cc2)nc2ccccc12. The van der Waals surface area contributed by atoms with Gasteiger partial charge in [-0.2, -0.15) is 0 Å². The summed E-state index contributed by atoms with van der Waals surface area (Å²) in [5.41, 5.74) is 1.34. The number of para-hydroxylation sites is 1. The lowest BCUT2D eigenvalue weighted by Crippen LogP contribution is -2.12. The molecule has 0 bridgehead atoms. The van der Waals surface area contributed by atoms with Crippen LogP contribution in [0.3, 0.4) is 0 Å². The van der Waals surface area contributed by atoms with E-state index in [0.717, 1.165) is 5.56 Å². The van der Waals surface area contributed by atoms with Crippen molar-refractivity contribution in [3.8, 4) is 0 Å². The Hall–Kier alpha value is -3.02. The summed E-state index contributed by atoms with van der Waals surface area (Å²) in [6.07, 6.45) is 0.415. The van der Waals surface area contributed by atoms with Crippen LogP contribution in [0, 0.1) is 10.1 Å². The van der Waals surface area contributed by atoms with Crippen LogP contribution >= 0.6 is 0 Å². The molecule has 0 aliphatic carbocycles. The largest absolute Gasteiger partial charge is 0.310 e. The van der Waals surface area contributed by atoms with Gasteiger partial charge in [0.2, 0.25) is 0 Å². The molecule has 0 atom stereocenters. The van der Waals surface area contributed by atoms with E-state index in [4.69, 9.17) is 0 Å². The molecule has 0 amide bonds. The maximum atomic E-state index is 11.9. The summed E-state index contributed by atoms with van der Waals surface area (Å²) >= 11 is 0. The molecule has 3 rings (SSSR count). The standard InChI is InChI=1S/C15H11N3O3/c19-15-12-3-1-2-4-13(12)16-14(17-15)9-10-5-7-11(8-6-10)18(20)21/h1-8H,9H2,(H,16,17,19). The number of H-pyrrole nitrogens is 1. The van der Waals surface area contributed by atoms with Gasteiger partial charge in [0.1, 0.15) is 5.82 Å². The monoisotopic (exact) mass is 281 g/mol. The first-order chi connectivity index (χ1) is 10.1. The van der Waals surface area contributed by atoms with E-state index in [2.05, 4.69) is 9.97 Å². The van der Waals surface area contributed by atoms with Crippen molar-refractivity contribution in [2.45, 2.75) is 6.42 Å². The predicted octanol–water partition coefficient (Wildman–Crippen LogP) is 2.42. The van der Waals surface area contributed by atoms with Crippen molar-refractivity contribution in [1.82, 2.24) is 9.97 Å². The number of aromatic nitrogens is 2. The quantitative estimate of drug-likeness (QED) is 0.589. The van der Waals surface area contributed by atoms with E-state index in [0.29, 0.717) is 23.1 Å². The molecule has 0 saturated heterocycles. The molecule has 0 fully saturated rings. The topological polar surface area (TPSA) is 88.9 Å². The Morgan fingerprint density at radius 1 is 1.10 bits per heavy atom. The molecule has 1 aromatic heterocycles. The van der Waals surface area contributed by atoms with Gasteiger partial charge in [-0.05, 0) is 17.7 Å². The van der Waals surface area contributed by atoms with Gasteiger partial charge in [-0.25, -0.2) is 4.98 Å². The molecule has 6 nitrogen and oxygen atoms in total. The van der Waals surface area contributed by atoms with Gasteiger partial charge in [0.25, 0.3) is 11.2 Å². The number of hydrogen-bond donors (Lipinski definition) is 1. The van der Waals surface area contributed by atoms with E-state index in [1.807, 2.05) is 6.07 Å². The van der Waals surface area contributed by atoms with Gasteiger partial charge in [-0.3, -0.25) is 14.9 Å². The summed E-state index contributed by atoms with van der Waals surface area (Å²) in [4.78, 5) is 29.2. The molecule has 0 aliphatic heterocycles. The first kappa shape index (κ1) is 13.0. The number of fused-ring (bicyclic) bond motifs is 1. The Kier molecular flexibility index (Phi) is 3.19. The lowest BCUT2D eigenvalue weighted by Gasteiger charge is -2.03. The molecule has 0 unspecified atom stereocenters. The van der Waals surface area contributed by atoms with Gasteiger partial charge in [0.05, 0.1) is 15.8 Å². The summed E-state index contributed by atoms with van der Waals surface area (Å²) in [5.74, 6) is 0.535. The maximum absolute atomic E-state index is 11.9. The highest BCUT2D eigenvalue weighted by atomic mass is 16.6. The number of hydrogen-bond acceptors (Lipinski definition) is 4. The van der Waals surface area contributed by atoms with Crippen LogP contribution in [0.5, 0.6) is 0 Å². The zero-order valence-corrected chi connectivity index (χ0v) is 10.9. The second-order valence-electron chi connectivity index (χ2n) is 4.63. The Morgan fingerprint density at radius 3 is 2.52 bits per heavy atom. The molecule has 0 aliphatic rings. The van der Waals surface area contributed by atoms with E-state index in [1.165, 1.54) is 12.1 Å². The van der Waals surface area contributed by atoms with Gasteiger partial charge in [0.15, 0.2) is 0 Å². The minimum atomic E-state index is -0.445. The fraction of sp³-hybridized carbons (Fsp3) is 0.0667. The van der Waals surface area contributed by atoms with E-state index >= 15 is 0 Å². The normalized spacial score (nSPS) is 10.7. The Morgan fingerprint density at radius 2 is 1.81 bits per heavy atom. The van der Waals surface area contributed by atoms with Crippen LogP contribution in [0.2, 0.25) is 0 Å². The third-order valence-corrected chi connectivity index (χ3v) is 3.18. The fourth-order valence-corrected chi connectivity index (χ4v) is 2.15. The average molecular weight is 281 g/mol. The zero-order valence-electron chi connectivity index (χ0n) is 10.9. The molecule has 1 N–H and O–H groups in total. The summed E-state index contributed by atoms with van der Waals surface area (Å²) < 4.78 is 0. The number of benzene rings is 2. The van der Waals surface area contributed by atoms with Crippen molar-refractivity contribution < 1.29 is 4.92 Å². The minimum Gasteiger partial charge on any atom is -0.310 e. The van der Waals surface area contributed by atoms with E-state index in [9.17, 15) is 14.9 Å². The fourth-order valence-electron chi connectivity index (χ4n) is 2.15. The number of nitrogens with zero attached hydrogens (tertiary/aromatic N) is 2. The third kappa shape index (κ3) is 2.64. The molecule has 2 aromatic carbocycles. The number of nitrogens with one attached hydrogen (secondary N) is 1. The van der Waals surface area contributed by atoms with E-state index < -0.39 is 4.92 Å². The van der Waals surface area contributed by atoms with Crippen LogP contribution in [0.1, 0.15) is 11.4 Å². The number of nitro groups is 1. The summed E-state index contributed by atoms with van der Waals surface area (Å²) in [6.45, 7) is 0. The molecule has 0 saturated carbocycles. The number of non-ortho nitro benzene ring substituents is 1. The highest BCUT2D eigenvalue weighted by Crippen LogP contribution is 2.14. The molecule has 104 valence electrons. The molecule has 6 heteroatoms. The van der Waals surface area contributed by atoms with Crippen molar-refractivity contribution in [3.63, 3.8) is 0 Å². The zero-order chi connectivity index (χ0) is 14.8. The van der Waals surface area contributed by atoms with E-state index in [1.54, 1.807) is 30.3 Å². The van der Waals surface area contributed by atoms with Gasteiger partial charge >= 0.3 is 0 Å². The lowest BCUT2D eigenvalue weighted by atomic mass is 10.1. The lowest BCUT2D eigenvalue weighted by molar-refractivity contribution is -0.384. The average Bonchev–Trinajstić information content (AvgIpc) is 2.48. The highest BCUT2D eigenvalue weighted by Gasteiger charge is 2.07. The first-order valence-electron chi connectivity index (χ1n) is 6.35. The van der Waals surface area contributed by atoms with Crippen LogP contribution in [0.4, 0.5) is 5.69 Å². The molecule has 1 heterocycles. The van der Waals surface area contributed by atoms with Gasteiger partial charge in [0, 0.05) is 18.6 Å². The molecule has 3 aromatic rings. The molecular formula is C15H11N3O3. The van der Waals surface area contributed by atoms with E-state index in [-0.39, 0.29) is 11.2 Å². The van der Waals surface area contributed by atoms with Crippen LogP contribution in [-0.4, -0.2) is 14.9 Å². The maximum Gasteiger partial charge on any atom is 0.269 e. The number of rotatable bonds is 3. The molecular weight excluding hydrogens is 270 g/mol. The molecule has 21 heavy (non-hydrogen) atoms. The van der Waals surface area contributed by atoms with Crippen molar-refractivity contribution in [2.75, 3.05) is 0 Å². The van der Waals surface area contributed by atoms with Crippen LogP contribution in [-0.2, 0) is 6.42 Å². The predicted molar refractivity (Wildman–Crippen MR) is 78.3 cm³/mol. The highest BCUT2D eigenvalue weighted by molar-refractivity contribution is 5.77. The smallest absolute Gasteiger partial charge is 0.269 e. The van der Waals surface area contributed by atoms with Crippen molar-refractivity contribution in [2.24, 2.45) is 0 Å². The Bertz CT molecular complexity index is 869. The third-order valence-electron chi connectivity index (χ3n) is 3.18. The second-order valence-corrected chi connectivity index (χ2v) is 4.63. The summed E-state index contributed by atoms with van der Waals surface area (Å²) in [6, 6.07) is 13.3. The van der Waals surface area contributed by atoms with Crippen LogP contribution < -0.4 is 5.56 Å². The van der Waals surface area contributed by atoms with Gasteiger partial charge in [-0.1, -0.05) is 24.3 Å². The first-order valence-corrected chi connectivity index (χ1v) is 6.35. The van der Waals surface area contributed by atoms with Crippen molar-refractivity contribution in [1.29, 1.82) is 0 Å². The number of nitro benzene ring substituents is 1. The summed E-state index contributed by atoms with van der Waals surface area (Å²) in [7, 11) is 0. The minimum absolute atomic E-state index is 0.0405. The number of aromatic amines is 1. The van der Waals surface area contributed by atoms with Crippen molar-refractivity contribution in [3.05, 3.63) is 80.4 Å². The Labute approximate surface area is 119 Å². The molecule has 0 radical (unpaired) electrons. The van der Waals surface area contributed by atoms with Gasteiger partial charge < -0.3 is 4.98 Å². The van der Waals surface area contributed by atoms with Crippen LogP contribution in [0.25, 0.3) is 10.9 Å². The van der Waals surface area contributed by atoms with Gasteiger partial charge in [-0.15, -0.1) is 0 Å².